The Morgan fingerprint density at radius 3 is 2.41 bits per heavy atom. The maximum absolute atomic E-state index is 14.4. The highest BCUT2D eigenvalue weighted by molar-refractivity contribution is 6.08. The van der Waals surface area contributed by atoms with Crippen LogP contribution in [0.15, 0.2) is 97.1 Å². The minimum atomic E-state index is -1.94. The van der Waals surface area contributed by atoms with E-state index in [2.05, 4.69) is 5.32 Å². The second kappa shape index (κ2) is 18.2. The molecule has 310 valence electrons. The molecule has 0 fully saturated rings. The first-order valence-corrected chi connectivity index (χ1v) is 20.5. The number of methoxy groups -OCH3 is 1. The van der Waals surface area contributed by atoms with Gasteiger partial charge in [-0.15, -0.1) is 0 Å². The number of fused-ring (bicyclic) bond motifs is 3. The molecule has 3 aliphatic rings. The molecule has 3 amide bonds. The number of aliphatic hydroxyl groups is 3. The number of hydrogen-bond acceptors (Lipinski definition) is 9. The zero-order valence-electron chi connectivity index (χ0n) is 34.0. The number of unbranched alkanes of at least 4 members (excludes halogenated alkanes) is 1. The van der Waals surface area contributed by atoms with Gasteiger partial charge >= 0.3 is 0 Å². The largest absolute Gasteiger partial charge is 0.497 e. The second-order valence-electron chi connectivity index (χ2n) is 15.5. The molecule has 12 heteroatoms. The van der Waals surface area contributed by atoms with E-state index in [1.807, 2.05) is 73.7 Å². The number of rotatable bonds is 16. The molecule has 4 N–H and O–H groups in total. The summed E-state index contributed by atoms with van der Waals surface area (Å²) < 4.78 is 11.3. The summed E-state index contributed by atoms with van der Waals surface area (Å²) in [4.78, 5) is 46.9. The molecule has 4 aromatic rings. The number of anilines is 3. The van der Waals surface area contributed by atoms with Gasteiger partial charge in [-0.05, 0) is 110 Å². The van der Waals surface area contributed by atoms with Gasteiger partial charge in [-0.1, -0.05) is 55.5 Å². The van der Waals surface area contributed by atoms with Gasteiger partial charge in [-0.2, -0.15) is 0 Å². The van der Waals surface area contributed by atoms with Crippen LogP contribution in [-0.2, 0) is 45.9 Å². The van der Waals surface area contributed by atoms with Crippen molar-refractivity contribution in [1.29, 1.82) is 0 Å². The maximum Gasteiger partial charge on any atom is 0.264 e. The maximum atomic E-state index is 14.4. The van der Waals surface area contributed by atoms with Gasteiger partial charge in [0.1, 0.15) is 11.5 Å². The van der Waals surface area contributed by atoms with Crippen molar-refractivity contribution < 1.29 is 39.2 Å². The fourth-order valence-electron chi connectivity index (χ4n) is 8.54. The molecule has 0 aliphatic carbocycles. The fourth-order valence-corrected chi connectivity index (χ4v) is 8.54. The Morgan fingerprint density at radius 2 is 1.68 bits per heavy atom. The first-order chi connectivity index (χ1) is 28.6. The Morgan fingerprint density at radius 1 is 0.932 bits per heavy atom. The summed E-state index contributed by atoms with van der Waals surface area (Å²) >= 11 is 0. The van der Waals surface area contributed by atoms with Gasteiger partial charge in [0.2, 0.25) is 11.8 Å². The average molecular weight is 803 g/mol. The number of benzene rings is 4. The number of amides is 3. The van der Waals surface area contributed by atoms with Gasteiger partial charge in [0.25, 0.3) is 5.91 Å². The summed E-state index contributed by atoms with van der Waals surface area (Å²) in [5.41, 5.74) is 4.43. The molecule has 0 saturated carbocycles. The van der Waals surface area contributed by atoms with Gasteiger partial charge in [-0.3, -0.25) is 19.3 Å². The van der Waals surface area contributed by atoms with Crippen molar-refractivity contribution in [2.24, 2.45) is 5.92 Å². The minimum absolute atomic E-state index is 0.0481. The zero-order chi connectivity index (χ0) is 41.7. The highest BCUT2D eigenvalue weighted by Crippen LogP contribution is 2.47. The molecule has 4 aromatic carbocycles. The van der Waals surface area contributed by atoms with Crippen molar-refractivity contribution in [3.8, 4) is 11.5 Å². The lowest BCUT2D eigenvalue weighted by molar-refractivity contribution is -0.139. The monoisotopic (exact) mass is 802 g/mol. The Hall–Kier alpha value is -5.53. The molecule has 3 aliphatic heterocycles. The second-order valence-corrected chi connectivity index (χ2v) is 15.5. The Balaban J connectivity index is 1.09. The number of carbonyl (C=O) groups is 3. The number of aliphatic hydroxyl groups excluding tert-OH is 2. The molecule has 0 aromatic heterocycles. The van der Waals surface area contributed by atoms with Crippen LogP contribution in [0, 0.1) is 5.92 Å². The van der Waals surface area contributed by atoms with E-state index in [-0.39, 0.29) is 44.0 Å². The third kappa shape index (κ3) is 8.36. The van der Waals surface area contributed by atoms with E-state index in [1.54, 1.807) is 52.0 Å². The van der Waals surface area contributed by atoms with Crippen LogP contribution in [0.5, 0.6) is 11.5 Å². The third-order valence-electron chi connectivity index (χ3n) is 11.8. The Labute approximate surface area is 345 Å². The van der Waals surface area contributed by atoms with Crippen LogP contribution in [0.4, 0.5) is 17.1 Å². The number of hydrogen-bond donors (Lipinski definition) is 4. The van der Waals surface area contributed by atoms with Gasteiger partial charge in [0.15, 0.2) is 5.60 Å². The average Bonchev–Trinajstić information content (AvgIpc) is 3.47. The summed E-state index contributed by atoms with van der Waals surface area (Å²) in [7, 11) is 1.53. The van der Waals surface area contributed by atoms with Crippen molar-refractivity contribution in [2.45, 2.75) is 76.7 Å². The van der Waals surface area contributed by atoms with Gasteiger partial charge in [0.05, 0.1) is 50.3 Å². The van der Waals surface area contributed by atoms with Gasteiger partial charge in [-0.25, -0.2) is 0 Å². The standard InChI is InChI=1S/C47H54N4O8/c1-4-59-39-19-20-42-35(25-39)26-41(48-22-7-8-23-52)45(55)51(42)36-16-14-32(15-17-36)28-50-43-21-18-38(58-3)27-40(43)47(57,46(50)56)31(2)10-9-13-44(54)49-29-34-12-6-5-11-33(34)24-37(49)30-53/h5-6,9-12,14-21,25,27,31,37,41,48,52-53,57H,4,7-8,13,22-24,26,28-30H2,1-3H3/b10-9+/t31-,37+,41?,47+/m1/s1. The molecule has 59 heavy (non-hydrogen) atoms. The SMILES string of the molecule is CCOc1ccc2c(c1)CC(NCCCCO)C(=O)N2c1ccc(CN2C(=O)[C@](O)([C@H](C)/C=C/CC(=O)N3Cc4ccccc4C[C@H]3CO)c3cc(OC)ccc32)cc1. The van der Waals surface area contributed by atoms with Crippen LogP contribution < -0.4 is 24.6 Å². The molecule has 0 spiro atoms. The van der Waals surface area contributed by atoms with E-state index in [1.165, 1.54) is 7.11 Å². The Bertz CT molecular complexity index is 2190. The van der Waals surface area contributed by atoms with Crippen molar-refractivity contribution in [2.75, 3.05) is 43.3 Å². The number of carbonyl (C=O) groups excluding carboxylic acids is 3. The number of nitrogens with zero attached hydrogens (tertiary/aromatic N) is 3. The van der Waals surface area contributed by atoms with Crippen LogP contribution in [-0.4, -0.2) is 83.5 Å². The van der Waals surface area contributed by atoms with Crippen LogP contribution >= 0.6 is 0 Å². The number of nitrogens with one attached hydrogen (secondary N) is 1. The van der Waals surface area contributed by atoms with Crippen molar-refractivity contribution in [1.82, 2.24) is 10.2 Å². The lowest BCUT2D eigenvalue weighted by Gasteiger charge is -2.36. The van der Waals surface area contributed by atoms with E-state index < -0.39 is 23.5 Å². The number of ether oxygens (including phenoxy) is 2. The van der Waals surface area contributed by atoms with E-state index in [0.29, 0.717) is 61.6 Å². The van der Waals surface area contributed by atoms with E-state index >= 15 is 0 Å². The quantitative estimate of drug-likeness (QED) is 0.0874. The molecule has 7 rings (SSSR count). The summed E-state index contributed by atoms with van der Waals surface area (Å²) in [6.45, 7) is 5.34. The smallest absolute Gasteiger partial charge is 0.264 e. The lowest BCUT2D eigenvalue weighted by atomic mass is 9.82. The zero-order valence-corrected chi connectivity index (χ0v) is 34.0. The highest BCUT2D eigenvalue weighted by Gasteiger charge is 2.52. The normalized spacial score (nSPS) is 20.4. The van der Waals surface area contributed by atoms with Gasteiger partial charge in [0, 0.05) is 36.7 Å². The first-order valence-electron chi connectivity index (χ1n) is 20.5. The molecule has 3 heterocycles. The lowest BCUT2D eigenvalue weighted by Crippen LogP contribution is -2.49. The molecule has 1 unspecified atom stereocenters. The summed E-state index contributed by atoms with van der Waals surface area (Å²) in [5, 5.41) is 35.1. The van der Waals surface area contributed by atoms with E-state index in [4.69, 9.17) is 9.47 Å². The molecule has 0 bridgehead atoms. The van der Waals surface area contributed by atoms with Crippen molar-refractivity contribution in [3.05, 3.63) is 125 Å². The topological polar surface area (TPSA) is 152 Å². The van der Waals surface area contributed by atoms with E-state index in [0.717, 1.165) is 40.1 Å². The summed E-state index contributed by atoms with van der Waals surface area (Å²) in [6.07, 6.45) is 5.94. The summed E-state index contributed by atoms with van der Waals surface area (Å²) in [6, 6.07) is 25.6. The van der Waals surface area contributed by atoms with Crippen LogP contribution in [0.1, 0.15) is 60.9 Å². The van der Waals surface area contributed by atoms with E-state index in [9.17, 15) is 29.7 Å². The molecule has 4 atom stereocenters. The van der Waals surface area contributed by atoms with Crippen molar-refractivity contribution >= 4 is 34.8 Å². The predicted molar refractivity (Wildman–Crippen MR) is 226 cm³/mol. The minimum Gasteiger partial charge on any atom is -0.497 e. The molecule has 0 radical (unpaired) electrons. The van der Waals surface area contributed by atoms with Crippen LogP contribution in [0.2, 0.25) is 0 Å². The molecular formula is C47H54N4O8. The van der Waals surface area contributed by atoms with Crippen LogP contribution in [0.3, 0.4) is 0 Å². The van der Waals surface area contributed by atoms with Gasteiger partial charge < -0.3 is 39.9 Å². The van der Waals surface area contributed by atoms with Crippen LogP contribution in [0.25, 0.3) is 0 Å². The summed E-state index contributed by atoms with van der Waals surface area (Å²) in [5.74, 6) is -0.208. The third-order valence-corrected chi connectivity index (χ3v) is 11.8. The fraction of sp³-hybridized carbons (Fsp3) is 0.383. The van der Waals surface area contributed by atoms with Crippen molar-refractivity contribution in [3.63, 3.8) is 0 Å². The molecule has 12 nitrogen and oxygen atoms in total. The Kier molecular flexibility index (Phi) is 12.8. The first kappa shape index (κ1) is 41.6. The molecule has 0 saturated heterocycles. The predicted octanol–water partition coefficient (Wildman–Crippen LogP) is 5.31. The molecular weight excluding hydrogens is 749 g/mol. The highest BCUT2D eigenvalue weighted by atomic mass is 16.5.